The molecule has 0 heterocycles. The highest BCUT2D eigenvalue weighted by molar-refractivity contribution is 14.1. The molecule has 0 saturated carbocycles. The van der Waals surface area contributed by atoms with Gasteiger partial charge in [0.25, 0.3) is 0 Å². The molecule has 1 aliphatic rings. The van der Waals surface area contributed by atoms with Crippen LogP contribution in [0.2, 0.25) is 0 Å². The Labute approximate surface area is 86.5 Å². The first kappa shape index (κ1) is 8.51. The van der Waals surface area contributed by atoms with E-state index in [4.69, 9.17) is 5.73 Å². The molecule has 0 unspecified atom stereocenters. The van der Waals surface area contributed by atoms with E-state index in [2.05, 4.69) is 40.8 Å². The van der Waals surface area contributed by atoms with Crippen LogP contribution in [0, 0.1) is 3.57 Å². The average Bonchev–Trinajstić information content (AvgIpc) is 2.07. The van der Waals surface area contributed by atoms with Crippen molar-refractivity contribution in [3.8, 4) is 0 Å². The topological polar surface area (TPSA) is 26.0 Å². The predicted octanol–water partition coefficient (Wildman–Crippen LogP) is 2.11. The van der Waals surface area contributed by atoms with Crippen LogP contribution in [0.15, 0.2) is 18.2 Å². The number of hydrogen-bond donors (Lipinski definition) is 1. The van der Waals surface area contributed by atoms with Crippen molar-refractivity contribution in [2.45, 2.75) is 25.3 Å². The number of nitrogens with two attached hydrogens (primary N) is 1. The normalized spacial score (nSPS) is 22.0. The second-order valence-electron chi connectivity index (χ2n) is 3.38. The van der Waals surface area contributed by atoms with E-state index < -0.39 is 0 Å². The van der Waals surface area contributed by atoms with Gasteiger partial charge in [-0.1, -0.05) is 12.1 Å². The summed E-state index contributed by atoms with van der Waals surface area (Å²) in [5.41, 5.74) is 8.90. The molecule has 2 heteroatoms. The number of halogens is 1. The van der Waals surface area contributed by atoms with Gasteiger partial charge >= 0.3 is 0 Å². The summed E-state index contributed by atoms with van der Waals surface area (Å²) < 4.78 is 1.38. The van der Waals surface area contributed by atoms with E-state index in [-0.39, 0.29) is 0 Å². The maximum absolute atomic E-state index is 5.92. The van der Waals surface area contributed by atoms with Crippen LogP contribution in [0.5, 0.6) is 0 Å². The van der Waals surface area contributed by atoms with Gasteiger partial charge in [0.15, 0.2) is 0 Å². The van der Waals surface area contributed by atoms with Crippen LogP contribution in [0.1, 0.15) is 17.5 Å². The lowest BCUT2D eigenvalue weighted by Crippen LogP contribution is -2.28. The Morgan fingerprint density at radius 3 is 3.08 bits per heavy atom. The largest absolute Gasteiger partial charge is 0.327 e. The van der Waals surface area contributed by atoms with Crippen molar-refractivity contribution in [1.29, 1.82) is 0 Å². The molecule has 1 nitrogen and oxygen atoms in total. The third kappa shape index (κ3) is 1.50. The van der Waals surface area contributed by atoms with E-state index in [0.717, 1.165) is 19.3 Å². The molecule has 12 heavy (non-hydrogen) atoms. The van der Waals surface area contributed by atoms with E-state index in [1.54, 1.807) is 0 Å². The minimum Gasteiger partial charge on any atom is -0.327 e. The predicted molar refractivity (Wildman–Crippen MR) is 59.2 cm³/mol. The van der Waals surface area contributed by atoms with Crippen molar-refractivity contribution in [3.63, 3.8) is 0 Å². The van der Waals surface area contributed by atoms with Crippen molar-refractivity contribution >= 4 is 22.6 Å². The van der Waals surface area contributed by atoms with E-state index in [9.17, 15) is 0 Å². The van der Waals surface area contributed by atoms with Crippen LogP contribution in [-0.2, 0) is 12.8 Å². The molecule has 0 aliphatic heterocycles. The second-order valence-corrected chi connectivity index (χ2v) is 4.54. The minimum atomic E-state index is 0.383. The summed E-state index contributed by atoms with van der Waals surface area (Å²) in [5.74, 6) is 0. The standard InChI is InChI=1S/C10H12IN/c11-10-3-1-2-7-4-5-8(12)6-9(7)10/h1-3,8H,4-6,12H2/t8-/m1/s1. The molecular formula is C10H12IN. The lowest BCUT2D eigenvalue weighted by atomic mass is 9.89. The molecule has 1 aromatic carbocycles. The van der Waals surface area contributed by atoms with E-state index >= 15 is 0 Å². The highest BCUT2D eigenvalue weighted by atomic mass is 127. The minimum absolute atomic E-state index is 0.383. The average molecular weight is 273 g/mol. The fraction of sp³-hybridized carbons (Fsp3) is 0.400. The fourth-order valence-electron chi connectivity index (χ4n) is 1.77. The smallest absolute Gasteiger partial charge is 0.0165 e. The third-order valence-electron chi connectivity index (χ3n) is 2.47. The molecule has 0 fully saturated rings. The van der Waals surface area contributed by atoms with Gasteiger partial charge < -0.3 is 5.73 Å². The molecule has 0 bridgehead atoms. The molecule has 64 valence electrons. The van der Waals surface area contributed by atoms with Gasteiger partial charge in [0.2, 0.25) is 0 Å². The molecule has 0 spiro atoms. The summed E-state index contributed by atoms with van der Waals surface area (Å²) in [6.07, 6.45) is 3.37. The maximum atomic E-state index is 5.92. The van der Waals surface area contributed by atoms with Crippen LogP contribution < -0.4 is 5.73 Å². The summed E-state index contributed by atoms with van der Waals surface area (Å²) in [6.45, 7) is 0. The van der Waals surface area contributed by atoms with Gasteiger partial charge in [0.05, 0.1) is 0 Å². The van der Waals surface area contributed by atoms with E-state index in [1.807, 2.05) is 0 Å². The first-order valence-electron chi connectivity index (χ1n) is 4.29. The number of fused-ring (bicyclic) bond motifs is 1. The van der Waals surface area contributed by atoms with Gasteiger partial charge in [-0.3, -0.25) is 0 Å². The van der Waals surface area contributed by atoms with Crippen LogP contribution in [0.4, 0.5) is 0 Å². The molecular weight excluding hydrogens is 261 g/mol. The van der Waals surface area contributed by atoms with E-state index in [1.165, 1.54) is 14.7 Å². The van der Waals surface area contributed by atoms with Crippen LogP contribution in [0.25, 0.3) is 0 Å². The molecule has 1 atom stereocenters. The summed E-state index contributed by atoms with van der Waals surface area (Å²) in [5, 5.41) is 0. The van der Waals surface area contributed by atoms with Gasteiger partial charge in [-0.15, -0.1) is 0 Å². The fourth-order valence-corrected chi connectivity index (χ4v) is 2.55. The number of rotatable bonds is 0. The molecule has 1 aromatic rings. The van der Waals surface area contributed by atoms with Crippen LogP contribution in [-0.4, -0.2) is 6.04 Å². The first-order chi connectivity index (χ1) is 5.77. The highest BCUT2D eigenvalue weighted by Gasteiger charge is 2.16. The molecule has 0 amide bonds. The lowest BCUT2D eigenvalue weighted by Gasteiger charge is -2.22. The van der Waals surface area contributed by atoms with Crippen molar-refractivity contribution < 1.29 is 0 Å². The summed E-state index contributed by atoms with van der Waals surface area (Å²) in [6, 6.07) is 6.91. The van der Waals surface area contributed by atoms with Crippen LogP contribution in [0.3, 0.4) is 0 Å². The number of hydrogen-bond acceptors (Lipinski definition) is 1. The van der Waals surface area contributed by atoms with Crippen molar-refractivity contribution in [2.75, 3.05) is 0 Å². The highest BCUT2D eigenvalue weighted by Crippen LogP contribution is 2.24. The van der Waals surface area contributed by atoms with E-state index in [0.29, 0.717) is 6.04 Å². The van der Waals surface area contributed by atoms with Crippen molar-refractivity contribution in [2.24, 2.45) is 5.73 Å². The third-order valence-corrected chi connectivity index (χ3v) is 3.48. The number of aryl methyl sites for hydroxylation is 1. The zero-order valence-corrected chi connectivity index (χ0v) is 9.04. The molecule has 2 rings (SSSR count). The second kappa shape index (κ2) is 3.34. The molecule has 0 radical (unpaired) electrons. The Balaban J connectivity index is 2.43. The summed E-state index contributed by atoms with van der Waals surface area (Å²) in [7, 11) is 0. The molecule has 0 saturated heterocycles. The Hall–Kier alpha value is -0.0900. The Morgan fingerprint density at radius 2 is 2.25 bits per heavy atom. The van der Waals surface area contributed by atoms with Gasteiger partial charge in [-0.25, -0.2) is 0 Å². The van der Waals surface area contributed by atoms with Gasteiger partial charge in [-0.2, -0.15) is 0 Å². The summed E-state index contributed by atoms with van der Waals surface area (Å²) >= 11 is 2.40. The number of benzene rings is 1. The Kier molecular flexibility index (Phi) is 2.37. The molecule has 0 aromatic heterocycles. The first-order valence-corrected chi connectivity index (χ1v) is 5.37. The van der Waals surface area contributed by atoms with Gasteiger partial charge in [0, 0.05) is 9.61 Å². The van der Waals surface area contributed by atoms with Gasteiger partial charge in [-0.05, 0) is 59.0 Å². The van der Waals surface area contributed by atoms with Crippen LogP contribution >= 0.6 is 22.6 Å². The maximum Gasteiger partial charge on any atom is 0.0165 e. The zero-order valence-electron chi connectivity index (χ0n) is 6.89. The monoisotopic (exact) mass is 273 g/mol. The Morgan fingerprint density at radius 1 is 1.42 bits per heavy atom. The molecule has 2 N–H and O–H groups in total. The molecule has 1 aliphatic carbocycles. The lowest BCUT2D eigenvalue weighted by molar-refractivity contribution is 0.575. The quantitative estimate of drug-likeness (QED) is 0.720. The van der Waals surface area contributed by atoms with Crippen molar-refractivity contribution in [1.82, 2.24) is 0 Å². The Bertz CT molecular complexity index is 296. The van der Waals surface area contributed by atoms with Crippen molar-refractivity contribution in [3.05, 3.63) is 32.9 Å². The summed E-state index contributed by atoms with van der Waals surface area (Å²) in [4.78, 5) is 0. The van der Waals surface area contributed by atoms with Gasteiger partial charge in [0.1, 0.15) is 0 Å². The SMILES string of the molecule is N[C@@H]1CCc2cccc(I)c2C1. The zero-order chi connectivity index (χ0) is 8.55.